The molecule has 0 saturated heterocycles. The highest BCUT2D eigenvalue weighted by Crippen LogP contribution is 2.16. The predicted octanol–water partition coefficient (Wildman–Crippen LogP) is 1.81. The lowest BCUT2D eigenvalue weighted by Gasteiger charge is -1.99. The van der Waals surface area contributed by atoms with Gasteiger partial charge in [-0.1, -0.05) is 29.4 Å². The normalized spacial score (nSPS) is 11.7. The van der Waals surface area contributed by atoms with E-state index in [4.69, 9.17) is 6.42 Å². The van der Waals surface area contributed by atoms with Gasteiger partial charge < -0.3 is 4.57 Å². The molecular formula is C15H12N4OS. The molecule has 0 aliphatic heterocycles. The molecule has 0 radical (unpaired) electrons. The lowest BCUT2D eigenvalue weighted by Crippen LogP contribution is -2.17. The van der Waals surface area contributed by atoms with Gasteiger partial charge in [0.2, 0.25) is 0 Å². The van der Waals surface area contributed by atoms with E-state index in [-0.39, 0.29) is 5.91 Å². The van der Waals surface area contributed by atoms with Crippen LogP contribution in [0.15, 0.2) is 41.5 Å². The van der Waals surface area contributed by atoms with Crippen LogP contribution in [0.1, 0.15) is 10.5 Å². The number of aryl methyl sites for hydroxylation is 1. The van der Waals surface area contributed by atoms with Crippen LogP contribution in [0.4, 0.5) is 0 Å². The fourth-order valence-electron chi connectivity index (χ4n) is 2.08. The second kappa shape index (κ2) is 5.38. The fourth-order valence-corrected chi connectivity index (χ4v) is 3.11. The number of nitrogens with zero attached hydrogens (tertiary/aromatic N) is 4. The number of hydrogen-bond donors (Lipinski definition) is 0. The Morgan fingerprint density at radius 3 is 2.95 bits per heavy atom. The van der Waals surface area contributed by atoms with Crippen molar-refractivity contribution in [2.75, 3.05) is 0 Å². The van der Waals surface area contributed by atoms with Crippen LogP contribution in [0.3, 0.4) is 0 Å². The summed E-state index contributed by atoms with van der Waals surface area (Å²) in [6.45, 7) is 0.377. The molecule has 2 aromatic heterocycles. The third-order valence-corrected chi connectivity index (χ3v) is 4.13. The summed E-state index contributed by atoms with van der Waals surface area (Å²) in [6, 6.07) is 9.49. The van der Waals surface area contributed by atoms with Crippen molar-refractivity contribution in [2.24, 2.45) is 12.0 Å². The smallest absolute Gasteiger partial charge is 0.297 e. The summed E-state index contributed by atoms with van der Waals surface area (Å²) in [6.07, 6.45) is 6.99. The molecule has 0 spiro atoms. The molecule has 0 unspecified atom stereocenters. The lowest BCUT2D eigenvalue weighted by molar-refractivity contribution is 0.0989. The fraction of sp³-hybridized carbons (Fsp3) is 0.133. The monoisotopic (exact) mass is 296 g/mol. The van der Waals surface area contributed by atoms with E-state index in [0.29, 0.717) is 17.0 Å². The number of thiazole rings is 1. The largest absolute Gasteiger partial charge is 0.305 e. The number of hydrogen-bond acceptors (Lipinski definition) is 3. The van der Waals surface area contributed by atoms with Gasteiger partial charge >= 0.3 is 0 Å². The van der Waals surface area contributed by atoms with Crippen molar-refractivity contribution in [1.82, 2.24) is 14.3 Å². The van der Waals surface area contributed by atoms with Crippen molar-refractivity contribution >= 4 is 27.5 Å². The number of fused-ring (bicyclic) bond motifs is 1. The number of aromatic nitrogens is 3. The lowest BCUT2D eigenvalue weighted by atomic mass is 10.3. The van der Waals surface area contributed by atoms with Gasteiger partial charge in [-0.15, -0.1) is 6.42 Å². The molecule has 21 heavy (non-hydrogen) atoms. The van der Waals surface area contributed by atoms with Crippen molar-refractivity contribution in [3.63, 3.8) is 0 Å². The first-order chi connectivity index (χ1) is 10.2. The number of para-hydroxylation sites is 1. The van der Waals surface area contributed by atoms with Gasteiger partial charge in [0.15, 0.2) is 4.80 Å². The molecule has 104 valence electrons. The molecule has 0 aliphatic rings. The van der Waals surface area contributed by atoms with Gasteiger partial charge in [0.05, 0.1) is 16.8 Å². The Kier molecular flexibility index (Phi) is 3.42. The Labute approximate surface area is 125 Å². The Bertz CT molecular complexity index is 923. The molecule has 0 fully saturated rings. The summed E-state index contributed by atoms with van der Waals surface area (Å²) < 4.78 is 4.42. The SMILES string of the molecule is C#CCn1c(=NC(=O)c2ccnn2C)sc2ccccc21. The maximum absolute atomic E-state index is 12.2. The molecule has 1 aromatic carbocycles. The molecule has 0 atom stereocenters. The Morgan fingerprint density at radius 2 is 2.24 bits per heavy atom. The summed E-state index contributed by atoms with van der Waals surface area (Å²) >= 11 is 1.45. The molecule has 3 rings (SSSR count). The number of benzene rings is 1. The van der Waals surface area contributed by atoms with Crippen molar-refractivity contribution in [2.45, 2.75) is 6.54 Å². The molecule has 0 N–H and O–H groups in total. The van der Waals surface area contributed by atoms with Gasteiger partial charge in [-0.25, -0.2) is 0 Å². The van der Waals surface area contributed by atoms with Gasteiger partial charge in [-0.05, 0) is 18.2 Å². The molecular weight excluding hydrogens is 284 g/mol. The maximum Gasteiger partial charge on any atom is 0.297 e. The molecule has 0 saturated carbocycles. The zero-order valence-corrected chi connectivity index (χ0v) is 12.2. The van der Waals surface area contributed by atoms with E-state index in [2.05, 4.69) is 16.0 Å². The van der Waals surface area contributed by atoms with Crippen LogP contribution < -0.4 is 4.80 Å². The number of carbonyl (C=O) groups is 1. The van der Waals surface area contributed by atoms with Crippen LogP contribution in [-0.4, -0.2) is 20.3 Å². The van der Waals surface area contributed by atoms with Crippen molar-refractivity contribution < 1.29 is 4.79 Å². The number of terminal acetylenes is 1. The molecule has 1 amide bonds. The van der Waals surface area contributed by atoms with E-state index < -0.39 is 0 Å². The van der Waals surface area contributed by atoms with Gasteiger partial charge in [-0.2, -0.15) is 10.1 Å². The second-order valence-electron chi connectivity index (χ2n) is 4.40. The quantitative estimate of drug-likeness (QED) is 0.677. The van der Waals surface area contributed by atoms with Crippen LogP contribution in [-0.2, 0) is 13.6 Å². The van der Waals surface area contributed by atoms with Crippen LogP contribution in [0.5, 0.6) is 0 Å². The molecule has 2 heterocycles. The van der Waals surface area contributed by atoms with E-state index in [1.165, 1.54) is 16.0 Å². The highest BCUT2D eigenvalue weighted by Gasteiger charge is 2.10. The van der Waals surface area contributed by atoms with E-state index >= 15 is 0 Å². The Morgan fingerprint density at radius 1 is 1.43 bits per heavy atom. The topological polar surface area (TPSA) is 52.2 Å². The zero-order valence-electron chi connectivity index (χ0n) is 11.4. The van der Waals surface area contributed by atoms with Crippen LogP contribution in [0.2, 0.25) is 0 Å². The van der Waals surface area contributed by atoms with Gasteiger partial charge in [0.1, 0.15) is 5.69 Å². The maximum atomic E-state index is 12.2. The Balaban J connectivity index is 2.18. The standard InChI is InChI=1S/C15H12N4OS/c1-3-10-19-11-6-4-5-7-13(11)21-15(19)17-14(20)12-8-9-16-18(12)2/h1,4-9H,10H2,2H3. The summed E-state index contributed by atoms with van der Waals surface area (Å²) in [4.78, 5) is 17.0. The minimum absolute atomic E-state index is 0.327. The van der Waals surface area contributed by atoms with Gasteiger partial charge in [0.25, 0.3) is 5.91 Å². The van der Waals surface area contributed by atoms with Crippen molar-refractivity contribution in [3.8, 4) is 12.3 Å². The van der Waals surface area contributed by atoms with Crippen molar-refractivity contribution in [1.29, 1.82) is 0 Å². The summed E-state index contributed by atoms with van der Waals surface area (Å²) in [5, 5.41) is 3.98. The average Bonchev–Trinajstić information content (AvgIpc) is 3.04. The molecule has 0 bridgehead atoms. The molecule has 3 aromatic rings. The van der Waals surface area contributed by atoms with Crippen LogP contribution >= 0.6 is 11.3 Å². The first kappa shape index (κ1) is 13.3. The third-order valence-electron chi connectivity index (χ3n) is 3.07. The number of carbonyl (C=O) groups excluding carboxylic acids is 1. The molecule has 0 aliphatic carbocycles. The minimum Gasteiger partial charge on any atom is -0.305 e. The number of amides is 1. The molecule has 5 nitrogen and oxygen atoms in total. The zero-order chi connectivity index (χ0) is 14.8. The summed E-state index contributed by atoms with van der Waals surface area (Å²) in [5.41, 5.74) is 1.43. The first-order valence-electron chi connectivity index (χ1n) is 6.29. The van der Waals surface area contributed by atoms with Crippen LogP contribution in [0.25, 0.3) is 10.2 Å². The first-order valence-corrected chi connectivity index (χ1v) is 7.11. The van der Waals surface area contributed by atoms with E-state index in [1.54, 1.807) is 19.3 Å². The third kappa shape index (κ3) is 2.39. The van der Waals surface area contributed by atoms with Gasteiger partial charge in [0, 0.05) is 13.2 Å². The second-order valence-corrected chi connectivity index (χ2v) is 5.41. The van der Waals surface area contributed by atoms with E-state index in [9.17, 15) is 4.79 Å². The predicted molar refractivity (Wildman–Crippen MR) is 81.7 cm³/mol. The highest BCUT2D eigenvalue weighted by atomic mass is 32.1. The van der Waals surface area contributed by atoms with Gasteiger partial charge in [-0.3, -0.25) is 9.48 Å². The summed E-state index contributed by atoms with van der Waals surface area (Å²) in [7, 11) is 1.71. The average molecular weight is 296 g/mol. The van der Waals surface area contributed by atoms with E-state index in [1.807, 2.05) is 28.8 Å². The van der Waals surface area contributed by atoms with Crippen LogP contribution in [0, 0.1) is 12.3 Å². The number of rotatable bonds is 2. The van der Waals surface area contributed by atoms with Crippen molar-refractivity contribution in [3.05, 3.63) is 47.0 Å². The summed E-state index contributed by atoms with van der Waals surface area (Å²) in [5.74, 6) is 2.28. The Hall–Kier alpha value is -2.65. The molecule has 6 heteroatoms. The van der Waals surface area contributed by atoms with E-state index in [0.717, 1.165) is 10.2 Å². The minimum atomic E-state index is -0.327. The highest BCUT2D eigenvalue weighted by molar-refractivity contribution is 7.16.